The molecule has 1 fully saturated rings. The lowest BCUT2D eigenvalue weighted by Gasteiger charge is -2.16. The minimum Gasteiger partial charge on any atom is -0.497 e. The summed E-state index contributed by atoms with van der Waals surface area (Å²) in [6, 6.07) is 15.4. The SMILES string of the molecule is COc1ccc2nc(NC(=O)[C@H]3CC(=O)N(Cc4ccccc4)C3)sc2c1. The topological polar surface area (TPSA) is 71.5 Å². The van der Waals surface area contributed by atoms with Crippen LogP contribution in [0.5, 0.6) is 5.75 Å². The standard InChI is InChI=1S/C20H19N3O3S/c1-26-15-7-8-16-17(10-15)27-20(21-16)22-19(25)14-9-18(24)23(12-14)11-13-5-3-2-4-6-13/h2-8,10,14H,9,11-12H2,1H3,(H,21,22,25)/t14-/m0/s1. The predicted octanol–water partition coefficient (Wildman–Crippen LogP) is 3.29. The molecule has 3 aromatic rings. The molecule has 2 aromatic carbocycles. The molecule has 0 radical (unpaired) electrons. The molecule has 2 heterocycles. The smallest absolute Gasteiger partial charge is 0.231 e. The highest BCUT2D eigenvalue weighted by Crippen LogP contribution is 2.30. The normalized spacial score (nSPS) is 16.7. The maximum Gasteiger partial charge on any atom is 0.231 e. The highest BCUT2D eigenvalue weighted by atomic mass is 32.1. The zero-order valence-electron chi connectivity index (χ0n) is 14.8. The molecule has 2 amide bonds. The van der Waals surface area contributed by atoms with Crippen LogP contribution in [-0.2, 0) is 16.1 Å². The van der Waals surface area contributed by atoms with Gasteiger partial charge in [0.1, 0.15) is 5.75 Å². The number of hydrogen-bond donors (Lipinski definition) is 1. The van der Waals surface area contributed by atoms with E-state index in [-0.39, 0.29) is 24.2 Å². The number of likely N-dealkylation sites (tertiary alicyclic amines) is 1. The fourth-order valence-corrected chi connectivity index (χ4v) is 4.09. The highest BCUT2D eigenvalue weighted by molar-refractivity contribution is 7.22. The van der Waals surface area contributed by atoms with Crippen molar-refractivity contribution in [2.75, 3.05) is 19.0 Å². The molecular weight excluding hydrogens is 362 g/mol. The Morgan fingerprint density at radius 3 is 2.89 bits per heavy atom. The Kier molecular flexibility index (Phi) is 4.77. The average molecular weight is 381 g/mol. The lowest BCUT2D eigenvalue weighted by Crippen LogP contribution is -2.28. The van der Waals surface area contributed by atoms with E-state index >= 15 is 0 Å². The summed E-state index contributed by atoms with van der Waals surface area (Å²) in [6.45, 7) is 0.961. The van der Waals surface area contributed by atoms with Crippen LogP contribution < -0.4 is 10.1 Å². The summed E-state index contributed by atoms with van der Waals surface area (Å²) < 4.78 is 6.16. The molecule has 0 spiro atoms. The second-order valence-corrected chi connectivity index (χ2v) is 7.53. The molecule has 0 bridgehead atoms. The molecular formula is C20H19N3O3S. The van der Waals surface area contributed by atoms with E-state index in [0.29, 0.717) is 18.2 Å². The van der Waals surface area contributed by atoms with Crippen LogP contribution in [0.15, 0.2) is 48.5 Å². The van der Waals surface area contributed by atoms with Gasteiger partial charge in [0.15, 0.2) is 5.13 Å². The molecule has 4 rings (SSSR count). The number of carbonyl (C=O) groups excluding carboxylic acids is 2. The second kappa shape index (κ2) is 7.36. The van der Waals surface area contributed by atoms with Crippen LogP contribution in [0.2, 0.25) is 0 Å². The third-order valence-electron chi connectivity index (χ3n) is 4.63. The first-order valence-corrected chi connectivity index (χ1v) is 9.51. The fraction of sp³-hybridized carbons (Fsp3) is 0.250. The van der Waals surface area contributed by atoms with Crippen molar-refractivity contribution < 1.29 is 14.3 Å². The lowest BCUT2D eigenvalue weighted by molar-refractivity contribution is -0.128. The van der Waals surface area contributed by atoms with Crippen LogP contribution in [0.25, 0.3) is 10.2 Å². The van der Waals surface area contributed by atoms with Crippen molar-refractivity contribution in [1.82, 2.24) is 9.88 Å². The van der Waals surface area contributed by atoms with E-state index in [1.54, 1.807) is 12.0 Å². The van der Waals surface area contributed by atoms with Gasteiger partial charge >= 0.3 is 0 Å². The Morgan fingerprint density at radius 1 is 1.30 bits per heavy atom. The van der Waals surface area contributed by atoms with Gasteiger partial charge in [0, 0.05) is 19.5 Å². The number of anilines is 1. The number of ether oxygens (including phenoxy) is 1. The minimum absolute atomic E-state index is 0.00744. The van der Waals surface area contributed by atoms with Crippen molar-refractivity contribution in [2.24, 2.45) is 5.92 Å². The Morgan fingerprint density at radius 2 is 2.11 bits per heavy atom. The van der Waals surface area contributed by atoms with E-state index < -0.39 is 0 Å². The van der Waals surface area contributed by atoms with Gasteiger partial charge in [0.2, 0.25) is 11.8 Å². The van der Waals surface area contributed by atoms with Gasteiger partial charge in [0.05, 0.1) is 23.2 Å². The number of amides is 2. The molecule has 0 aliphatic carbocycles. The summed E-state index contributed by atoms with van der Waals surface area (Å²) in [5.41, 5.74) is 1.87. The fourth-order valence-electron chi connectivity index (χ4n) is 3.20. The molecule has 0 saturated carbocycles. The van der Waals surface area contributed by atoms with Crippen molar-refractivity contribution in [3.63, 3.8) is 0 Å². The molecule has 6 nitrogen and oxygen atoms in total. The third kappa shape index (κ3) is 3.78. The van der Waals surface area contributed by atoms with E-state index in [4.69, 9.17) is 4.74 Å². The Labute approximate surface area is 160 Å². The van der Waals surface area contributed by atoms with E-state index in [0.717, 1.165) is 21.5 Å². The monoisotopic (exact) mass is 381 g/mol. The number of hydrogen-bond acceptors (Lipinski definition) is 5. The van der Waals surface area contributed by atoms with Gasteiger partial charge in [-0.1, -0.05) is 41.7 Å². The van der Waals surface area contributed by atoms with Crippen LogP contribution in [0.4, 0.5) is 5.13 Å². The van der Waals surface area contributed by atoms with Crippen LogP contribution in [0.1, 0.15) is 12.0 Å². The molecule has 1 aromatic heterocycles. The number of benzene rings is 2. The molecule has 1 aliphatic rings. The molecule has 1 saturated heterocycles. The summed E-state index contributed by atoms with van der Waals surface area (Å²) in [4.78, 5) is 31.1. The zero-order chi connectivity index (χ0) is 18.8. The summed E-state index contributed by atoms with van der Waals surface area (Å²) >= 11 is 1.40. The summed E-state index contributed by atoms with van der Waals surface area (Å²) in [5.74, 6) is 0.239. The van der Waals surface area contributed by atoms with Crippen LogP contribution in [-0.4, -0.2) is 35.4 Å². The number of fused-ring (bicyclic) bond motifs is 1. The maximum atomic E-state index is 12.6. The Bertz CT molecular complexity index is 987. The van der Waals surface area contributed by atoms with Gasteiger partial charge < -0.3 is 15.0 Å². The number of rotatable bonds is 5. The summed E-state index contributed by atoms with van der Waals surface area (Å²) in [6.07, 6.45) is 0.234. The molecule has 7 heteroatoms. The predicted molar refractivity (Wildman–Crippen MR) is 105 cm³/mol. The van der Waals surface area contributed by atoms with Crippen LogP contribution in [0.3, 0.4) is 0 Å². The van der Waals surface area contributed by atoms with Gasteiger partial charge in [-0.2, -0.15) is 0 Å². The lowest BCUT2D eigenvalue weighted by atomic mass is 10.1. The van der Waals surface area contributed by atoms with Crippen LogP contribution in [0, 0.1) is 5.92 Å². The summed E-state index contributed by atoms with van der Waals surface area (Å²) in [5, 5.41) is 3.40. The quantitative estimate of drug-likeness (QED) is 0.736. The molecule has 1 atom stereocenters. The first kappa shape index (κ1) is 17.5. The van der Waals surface area contributed by atoms with Crippen molar-refractivity contribution in [2.45, 2.75) is 13.0 Å². The number of nitrogens with one attached hydrogen (secondary N) is 1. The Hall–Kier alpha value is -2.93. The van der Waals surface area contributed by atoms with Crippen molar-refractivity contribution in [3.05, 3.63) is 54.1 Å². The van der Waals surface area contributed by atoms with E-state index in [2.05, 4.69) is 10.3 Å². The van der Waals surface area contributed by atoms with Crippen molar-refractivity contribution in [3.8, 4) is 5.75 Å². The number of carbonyl (C=O) groups is 2. The largest absolute Gasteiger partial charge is 0.497 e. The molecule has 1 N–H and O–H groups in total. The van der Waals surface area contributed by atoms with Gasteiger partial charge in [-0.15, -0.1) is 0 Å². The van der Waals surface area contributed by atoms with Crippen molar-refractivity contribution >= 4 is 38.5 Å². The third-order valence-corrected chi connectivity index (χ3v) is 5.56. The zero-order valence-corrected chi connectivity index (χ0v) is 15.7. The maximum absolute atomic E-state index is 12.6. The number of thiazole rings is 1. The highest BCUT2D eigenvalue weighted by Gasteiger charge is 2.34. The first-order chi connectivity index (χ1) is 13.1. The average Bonchev–Trinajstić information content (AvgIpc) is 3.25. The van der Waals surface area contributed by atoms with Gasteiger partial charge in [-0.05, 0) is 23.8 Å². The molecule has 138 valence electrons. The van der Waals surface area contributed by atoms with Gasteiger partial charge in [0.25, 0.3) is 0 Å². The van der Waals surface area contributed by atoms with Gasteiger partial charge in [-0.25, -0.2) is 4.98 Å². The number of methoxy groups -OCH3 is 1. The number of nitrogens with zero attached hydrogens (tertiary/aromatic N) is 2. The van der Waals surface area contributed by atoms with E-state index in [1.807, 2.05) is 48.5 Å². The van der Waals surface area contributed by atoms with E-state index in [1.165, 1.54) is 11.3 Å². The Balaban J connectivity index is 1.42. The van der Waals surface area contributed by atoms with Gasteiger partial charge in [-0.3, -0.25) is 9.59 Å². The van der Waals surface area contributed by atoms with Crippen LogP contribution >= 0.6 is 11.3 Å². The summed E-state index contributed by atoms with van der Waals surface area (Å²) in [7, 11) is 1.61. The molecule has 27 heavy (non-hydrogen) atoms. The first-order valence-electron chi connectivity index (χ1n) is 8.69. The van der Waals surface area contributed by atoms with Crippen molar-refractivity contribution in [1.29, 1.82) is 0 Å². The molecule has 0 unspecified atom stereocenters. The molecule has 1 aliphatic heterocycles. The number of aromatic nitrogens is 1. The minimum atomic E-state index is -0.359. The second-order valence-electron chi connectivity index (χ2n) is 6.50. The van der Waals surface area contributed by atoms with E-state index in [9.17, 15) is 9.59 Å².